The minimum absolute atomic E-state index is 0.295. The van der Waals surface area contributed by atoms with E-state index in [4.69, 9.17) is 11.6 Å². The van der Waals surface area contributed by atoms with Crippen LogP contribution in [0.5, 0.6) is 0 Å². The van der Waals surface area contributed by atoms with Gasteiger partial charge in [-0.15, -0.1) is 0 Å². The molecule has 0 aliphatic heterocycles. The molecule has 0 fully saturated rings. The lowest BCUT2D eigenvalue weighted by molar-refractivity contribution is 0.809. The number of aryl methyl sites for hydroxylation is 1. The minimum Gasteiger partial charge on any atom is -0.232 e. The molecular weight excluding hydrogens is 312 g/mol. The van der Waals surface area contributed by atoms with Crippen molar-refractivity contribution < 1.29 is 0 Å². The van der Waals surface area contributed by atoms with Gasteiger partial charge in [-0.3, -0.25) is 0 Å². The van der Waals surface area contributed by atoms with E-state index in [9.17, 15) is 0 Å². The number of aromatic nitrogens is 2. The highest BCUT2D eigenvalue weighted by Crippen LogP contribution is 2.31. The van der Waals surface area contributed by atoms with Gasteiger partial charge >= 0.3 is 0 Å². The van der Waals surface area contributed by atoms with Crippen molar-refractivity contribution in [2.75, 3.05) is 0 Å². The Bertz CT molecular complexity index is 565. The number of hydrogen-bond acceptors (Lipinski definition) is 2. The predicted molar refractivity (Wildman–Crippen MR) is 79.0 cm³/mol. The summed E-state index contributed by atoms with van der Waals surface area (Å²) in [5.74, 6) is 0.968. The van der Waals surface area contributed by atoms with Crippen LogP contribution in [-0.2, 0) is 0 Å². The molecule has 2 aromatic rings. The molecule has 0 saturated carbocycles. The van der Waals surface area contributed by atoms with Crippen LogP contribution in [0, 0.1) is 6.92 Å². The summed E-state index contributed by atoms with van der Waals surface area (Å²) in [6.45, 7) is 6.23. The van der Waals surface area contributed by atoms with Crippen LogP contribution in [0.3, 0.4) is 0 Å². The quantitative estimate of drug-likeness (QED) is 0.727. The van der Waals surface area contributed by atoms with Crippen molar-refractivity contribution in [1.82, 2.24) is 9.97 Å². The van der Waals surface area contributed by atoms with Crippen LogP contribution in [-0.4, -0.2) is 9.97 Å². The molecular formula is C14H14BrClN2. The van der Waals surface area contributed by atoms with Crippen molar-refractivity contribution in [2.45, 2.75) is 26.7 Å². The topological polar surface area (TPSA) is 25.8 Å². The molecule has 18 heavy (non-hydrogen) atoms. The zero-order chi connectivity index (χ0) is 13.3. The Kier molecular flexibility index (Phi) is 4.03. The average molecular weight is 326 g/mol. The first-order valence-corrected chi connectivity index (χ1v) is 6.96. The lowest BCUT2D eigenvalue weighted by Gasteiger charge is -2.11. The first-order valence-electron chi connectivity index (χ1n) is 5.79. The van der Waals surface area contributed by atoms with E-state index in [1.54, 1.807) is 0 Å². The third-order valence-corrected chi connectivity index (χ3v) is 3.98. The Morgan fingerprint density at radius 1 is 1.11 bits per heavy atom. The number of halogens is 2. The summed E-state index contributed by atoms with van der Waals surface area (Å²) in [4.78, 5) is 8.91. The number of hydrogen-bond donors (Lipinski definition) is 0. The fraction of sp³-hybridized carbons (Fsp3) is 0.286. The fourth-order valence-electron chi connectivity index (χ4n) is 1.65. The van der Waals surface area contributed by atoms with Gasteiger partial charge < -0.3 is 0 Å². The van der Waals surface area contributed by atoms with Gasteiger partial charge in [-0.25, -0.2) is 9.97 Å². The minimum atomic E-state index is 0.295. The first kappa shape index (κ1) is 13.5. The molecule has 0 aliphatic carbocycles. The normalized spacial score (nSPS) is 11.0. The molecule has 1 aromatic carbocycles. The van der Waals surface area contributed by atoms with Gasteiger partial charge in [-0.2, -0.15) is 0 Å². The van der Waals surface area contributed by atoms with Crippen molar-refractivity contribution in [3.8, 4) is 11.4 Å². The van der Waals surface area contributed by atoms with E-state index in [-0.39, 0.29) is 0 Å². The van der Waals surface area contributed by atoms with Crippen molar-refractivity contribution >= 4 is 27.5 Å². The Balaban J connectivity index is 2.55. The van der Waals surface area contributed by atoms with Gasteiger partial charge in [0.05, 0.1) is 10.2 Å². The molecule has 0 amide bonds. The molecule has 94 valence electrons. The first-order chi connectivity index (χ1) is 8.49. The zero-order valence-corrected chi connectivity index (χ0v) is 12.9. The molecule has 1 heterocycles. The summed E-state index contributed by atoms with van der Waals surface area (Å²) < 4.78 is 0.787. The second-order valence-electron chi connectivity index (χ2n) is 4.56. The lowest BCUT2D eigenvalue weighted by atomic mass is 10.1. The van der Waals surface area contributed by atoms with E-state index in [0.717, 1.165) is 15.7 Å². The van der Waals surface area contributed by atoms with Gasteiger partial charge in [0.15, 0.2) is 5.82 Å². The second-order valence-corrected chi connectivity index (χ2v) is 5.71. The summed E-state index contributed by atoms with van der Waals surface area (Å²) in [6, 6.07) is 8.12. The zero-order valence-electron chi connectivity index (χ0n) is 10.5. The SMILES string of the molecule is Cc1ccc(-c2nc(Cl)c(Br)c(C(C)C)n2)cc1. The second kappa shape index (κ2) is 5.37. The van der Waals surface area contributed by atoms with Gasteiger partial charge in [0.25, 0.3) is 0 Å². The Hall–Kier alpha value is -0.930. The molecule has 4 heteroatoms. The van der Waals surface area contributed by atoms with Crippen LogP contribution in [0.2, 0.25) is 5.15 Å². The summed E-state index contributed by atoms with van der Waals surface area (Å²) in [7, 11) is 0. The largest absolute Gasteiger partial charge is 0.232 e. The molecule has 1 aromatic heterocycles. The number of nitrogens with zero attached hydrogens (tertiary/aromatic N) is 2. The van der Waals surface area contributed by atoms with E-state index in [2.05, 4.69) is 46.7 Å². The van der Waals surface area contributed by atoms with Crippen molar-refractivity contribution in [1.29, 1.82) is 0 Å². The van der Waals surface area contributed by atoms with E-state index in [1.165, 1.54) is 5.56 Å². The van der Waals surface area contributed by atoms with Crippen molar-refractivity contribution in [3.63, 3.8) is 0 Å². The number of rotatable bonds is 2. The third-order valence-electron chi connectivity index (χ3n) is 2.69. The molecule has 2 nitrogen and oxygen atoms in total. The Labute approximate surface area is 121 Å². The summed E-state index contributed by atoms with van der Waals surface area (Å²) >= 11 is 9.59. The molecule has 0 atom stereocenters. The highest BCUT2D eigenvalue weighted by Gasteiger charge is 2.14. The van der Waals surface area contributed by atoms with Gasteiger partial charge in [-0.05, 0) is 28.8 Å². The smallest absolute Gasteiger partial charge is 0.161 e. The van der Waals surface area contributed by atoms with Crippen LogP contribution in [0.15, 0.2) is 28.7 Å². The van der Waals surface area contributed by atoms with E-state index >= 15 is 0 Å². The summed E-state index contributed by atoms with van der Waals surface area (Å²) in [5.41, 5.74) is 3.13. The maximum absolute atomic E-state index is 6.15. The predicted octanol–water partition coefficient (Wildman–Crippen LogP) is 4.99. The van der Waals surface area contributed by atoms with Gasteiger partial charge in [0.2, 0.25) is 0 Å². The number of benzene rings is 1. The van der Waals surface area contributed by atoms with Gasteiger partial charge in [-0.1, -0.05) is 55.3 Å². The highest BCUT2D eigenvalue weighted by molar-refractivity contribution is 9.10. The maximum atomic E-state index is 6.15. The molecule has 0 saturated heterocycles. The average Bonchev–Trinajstić information content (AvgIpc) is 2.33. The molecule has 2 rings (SSSR count). The maximum Gasteiger partial charge on any atom is 0.161 e. The van der Waals surface area contributed by atoms with Crippen molar-refractivity contribution in [3.05, 3.63) is 45.1 Å². The molecule has 0 bridgehead atoms. The standard InChI is InChI=1S/C14H14BrClN2/c1-8(2)12-11(15)13(16)18-14(17-12)10-6-4-9(3)5-7-10/h4-8H,1-3H3. The third kappa shape index (κ3) is 2.73. The fourth-order valence-corrected chi connectivity index (χ4v) is 2.46. The molecule has 0 unspecified atom stereocenters. The molecule has 0 spiro atoms. The monoisotopic (exact) mass is 324 g/mol. The Morgan fingerprint density at radius 3 is 2.28 bits per heavy atom. The van der Waals surface area contributed by atoms with Crippen molar-refractivity contribution in [2.24, 2.45) is 0 Å². The van der Waals surface area contributed by atoms with Gasteiger partial charge in [0, 0.05) is 5.56 Å². The van der Waals surface area contributed by atoms with Crippen LogP contribution in [0.4, 0.5) is 0 Å². The van der Waals surface area contributed by atoms with E-state index in [1.807, 2.05) is 24.3 Å². The Morgan fingerprint density at radius 2 is 1.72 bits per heavy atom. The highest BCUT2D eigenvalue weighted by atomic mass is 79.9. The van der Waals surface area contributed by atoms with E-state index < -0.39 is 0 Å². The van der Waals surface area contributed by atoms with Crippen LogP contribution < -0.4 is 0 Å². The molecule has 0 aliphatic rings. The van der Waals surface area contributed by atoms with E-state index in [0.29, 0.717) is 16.9 Å². The lowest BCUT2D eigenvalue weighted by Crippen LogP contribution is -2.00. The molecule has 0 radical (unpaired) electrons. The molecule has 0 N–H and O–H groups in total. The summed E-state index contributed by atoms with van der Waals surface area (Å²) in [6.07, 6.45) is 0. The summed E-state index contributed by atoms with van der Waals surface area (Å²) in [5, 5.41) is 0.462. The van der Waals surface area contributed by atoms with Crippen LogP contribution in [0.25, 0.3) is 11.4 Å². The van der Waals surface area contributed by atoms with Crippen LogP contribution in [0.1, 0.15) is 31.0 Å². The van der Waals surface area contributed by atoms with Gasteiger partial charge in [0.1, 0.15) is 5.15 Å². The van der Waals surface area contributed by atoms with Crippen LogP contribution >= 0.6 is 27.5 Å².